The summed E-state index contributed by atoms with van der Waals surface area (Å²) in [5.74, 6) is 1.30. The Morgan fingerprint density at radius 2 is 1.82 bits per heavy atom. The first-order valence-corrected chi connectivity index (χ1v) is 8.51. The SMILES string of the molecule is CCOc1ccccc1Nc1ncnc(Nc2cccc(OC)c2)c1[N+](=O)[O-]. The van der Waals surface area contributed by atoms with Crippen LogP contribution in [-0.4, -0.2) is 28.6 Å². The van der Waals surface area contributed by atoms with Gasteiger partial charge in [0.1, 0.15) is 17.8 Å². The van der Waals surface area contributed by atoms with Crippen molar-refractivity contribution >= 4 is 28.7 Å². The van der Waals surface area contributed by atoms with Crippen LogP contribution in [0, 0.1) is 10.1 Å². The zero-order chi connectivity index (χ0) is 19.9. The Hall–Kier alpha value is -3.88. The topological polar surface area (TPSA) is 111 Å². The van der Waals surface area contributed by atoms with Gasteiger partial charge in [0.15, 0.2) is 0 Å². The molecule has 0 saturated heterocycles. The Morgan fingerprint density at radius 1 is 1.07 bits per heavy atom. The molecule has 0 aliphatic carbocycles. The van der Waals surface area contributed by atoms with Crippen molar-refractivity contribution in [2.24, 2.45) is 0 Å². The highest BCUT2D eigenvalue weighted by Crippen LogP contribution is 2.35. The lowest BCUT2D eigenvalue weighted by atomic mass is 10.2. The van der Waals surface area contributed by atoms with Gasteiger partial charge in [0.05, 0.1) is 24.3 Å². The number of hydrogen-bond acceptors (Lipinski definition) is 8. The number of para-hydroxylation sites is 2. The maximum Gasteiger partial charge on any atom is 0.353 e. The average molecular weight is 381 g/mol. The largest absolute Gasteiger partial charge is 0.497 e. The fourth-order valence-electron chi connectivity index (χ4n) is 2.55. The number of anilines is 4. The Kier molecular flexibility index (Phi) is 5.85. The minimum Gasteiger partial charge on any atom is -0.497 e. The number of aromatic nitrogens is 2. The molecule has 144 valence electrons. The molecule has 9 heteroatoms. The molecule has 1 aromatic heterocycles. The molecule has 3 rings (SSSR count). The average Bonchev–Trinajstić information content (AvgIpc) is 2.70. The molecule has 0 spiro atoms. The quantitative estimate of drug-likeness (QED) is 0.439. The summed E-state index contributed by atoms with van der Waals surface area (Å²) in [6, 6.07) is 14.2. The smallest absolute Gasteiger partial charge is 0.353 e. The summed E-state index contributed by atoms with van der Waals surface area (Å²) in [5, 5.41) is 17.7. The van der Waals surface area contributed by atoms with Crippen molar-refractivity contribution in [3.63, 3.8) is 0 Å². The Morgan fingerprint density at radius 3 is 2.54 bits per heavy atom. The molecule has 2 N–H and O–H groups in total. The van der Waals surface area contributed by atoms with E-state index in [0.29, 0.717) is 29.5 Å². The van der Waals surface area contributed by atoms with Crippen LogP contribution in [-0.2, 0) is 0 Å². The van der Waals surface area contributed by atoms with Gasteiger partial charge in [0.25, 0.3) is 0 Å². The van der Waals surface area contributed by atoms with E-state index in [2.05, 4.69) is 20.6 Å². The maximum absolute atomic E-state index is 11.7. The van der Waals surface area contributed by atoms with Crippen LogP contribution >= 0.6 is 0 Å². The normalized spacial score (nSPS) is 10.2. The van der Waals surface area contributed by atoms with Crippen LogP contribution < -0.4 is 20.1 Å². The highest BCUT2D eigenvalue weighted by Gasteiger charge is 2.24. The van der Waals surface area contributed by atoms with Gasteiger partial charge in [0, 0.05) is 11.8 Å². The van der Waals surface area contributed by atoms with Crippen molar-refractivity contribution < 1.29 is 14.4 Å². The van der Waals surface area contributed by atoms with Crippen LogP contribution in [0.3, 0.4) is 0 Å². The lowest BCUT2D eigenvalue weighted by Gasteiger charge is -2.13. The maximum atomic E-state index is 11.7. The van der Waals surface area contributed by atoms with E-state index in [9.17, 15) is 10.1 Å². The number of nitro groups is 1. The summed E-state index contributed by atoms with van der Waals surface area (Å²) in [6.07, 6.45) is 1.25. The molecule has 0 radical (unpaired) electrons. The highest BCUT2D eigenvalue weighted by atomic mass is 16.6. The molecule has 0 aliphatic rings. The minimum absolute atomic E-state index is 0.0533. The highest BCUT2D eigenvalue weighted by molar-refractivity contribution is 5.78. The fourth-order valence-corrected chi connectivity index (χ4v) is 2.55. The third-order valence-corrected chi connectivity index (χ3v) is 3.78. The zero-order valence-electron chi connectivity index (χ0n) is 15.4. The van der Waals surface area contributed by atoms with Crippen LogP contribution in [0.4, 0.5) is 28.7 Å². The van der Waals surface area contributed by atoms with E-state index in [0.717, 1.165) is 0 Å². The fraction of sp³-hybridized carbons (Fsp3) is 0.158. The van der Waals surface area contributed by atoms with Crippen LogP contribution in [0.25, 0.3) is 0 Å². The number of rotatable bonds is 8. The van der Waals surface area contributed by atoms with Gasteiger partial charge in [-0.05, 0) is 31.2 Å². The van der Waals surface area contributed by atoms with Crippen LogP contribution in [0.15, 0.2) is 54.9 Å². The predicted octanol–water partition coefficient (Wildman–Crippen LogP) is 4.28. The van der Waals surface area contributed by atoms with Crippen molar-refractivity contribution in [3.05, 3.63) is 65.0 Å². The molecule has 1 heterocycles. The van der Waals surface area contributed by atoms with E-state index in [1.807, 2.05) is 13.0 Å². The molecular weight excluding hydrogens is 362 g/mol. The van der Waals surface area contributed by atoms with Gasteiger partial charge < -0.3 is 20.1 Å². The minimum atomic E-state index is -0.534. The third-order valence-electron chi connectivity index (χ3n) is 3.78. The van der Waals surface area contributed by atoms with Gasteiger partial charge in [-0.15, -0.1) is 0 Å². The molecule has 28 heavy (non-hydrogen) atoms. The van der Waals surface area contributed by atoms with Crippen molar-refractivity contribution in [3.8, 4) is 11.5 Å². The molecule has 0 amide bonds. The van der Waals surface area contributed by atoms with Crippen LogP contribution in [0.2, 0.25) is 0 Å². The summed E-state index contributed by atoms with van der Waals surface area (Å²) < 4.78 is 10.7. The van der Waals surface area contributed by atoms with E-state index in [4.69, 9.17) is 9.47 Å². The summed E-state index contributed by atoms with van der Waals surface area (Å²) in [4.78, 5) is 19.3. The molecule has 0 aliphatic heterocycles. The molecule has 2 aromatic carbocycles. The van der Waals surface area contributed by atoms with Gasteiger partial charge in [0.2, 0.25) is 11.6 Å². The van der Waals surface area contributed by atoms with E-state index in [1.54, 1.807) is 49.6 Å². The summed E-state index contributed by atoms with van der Waals surface area (Å²) in [6.45, 7) is 2.33. The van der Waals surface area contributed by atoms with Crippen LogP contribution in [0.1, 0.15) is 6.92 Å². The number of nitrogens with zero attached hydrogens (tertiary/aromatic N) is 3. The van der Waals surface area contributed by atoms with Crippen LogP contribution in [0.5, 0.6) is 11.5 Å². The Labute approximate surface area is 161 Å². The lowest BCUT2D eigenvalue weighted by molar-refractivity contribution is -0.383. The van der Waals surface area contributed by atoms with E-state index < -0.39 is 4.92 Å². The summed E-state index contributed by atoms with van der Waals surface area (Å²) in [7, 11) is 1.55. The number of hydrogen-bond donors (Lipinski definition) is 2. The Balaban J connectivity index is 1.97. The second-order valence-electron chi connectivity index (χ2n) is 5.59. The standard InChI is InChI=1S/C19H19N5O4/c1-3-28-16-10-5-4-9-15(16)23-19-17(24(25)26)18(20-12-21-19)22-13-7-6-8-14(11-13)27-2/h4-12H,3H2,1-2H3,(H2,20,21,22,23). The number of ether oxygens (including phenoxy) is 2. The first-order valence-electron chi connectivity index (χ1n) is 8.51. The monoisotopic (exact) mass is 381 g/mol. The molecule has 0 unspecified atom stereocenters. The van der Waals surface area contributed by atoms with Gasteiger partial charge in [-0.1, -0.05) is 18.2 Å². The van der Waals surface area contributed by atoms with Crippen molar-refractivity contribution in [1.29, 1.82) is 0 Å². The molecule has 3 aromatic rings. The third kappa shape index (κ3) is 4.26. The van der Waals surface area contributed by atoms with Gasteiger partial charge in [-0.2, -0.15) is 0 Å². The number of benzene rings is 2. The first kappa shape index (κ1) is 18.9. The Bertz CT molecular complexity index is 980. The molecule has 0 atom stereocenters. The zero-order valence-corrected chi connectivity index (χ0v) is 15.4. The van der Waals surface area contributed by atoms with Crippen molar-refractivity contribution in [2.45, 2.75) is 6.92 Å². The molecular formula is C19H19N5O4. The molecule has 0 fully saturated rings. The molecule has 0 saturated carbocycles. The second-order valence-corrected chi connectivity index (χ2v) is 5.59. The van der Waals surface area contributed by atoms with E-state index >= 15 is 0 Å². The predicted molar refractivity (Wildman–Crippen MR) is 106 cm³/mol. The lowest BCUT2D eigenvalue weighted by Crippen LogP contribution is -2.06. The molecule has 9 nitrogen and oxygen atoms in total. The summed E-state index contributed by atoms with van der Waals surface area (Å²) >= 11 is 0. The van der Waals surface area contributed by atoms with E-state index in [-0.39, 0.29) is 17.3 Å². The van der Waals surface area contributed by atoms with Crippen molar-refractivity contribution in [1.82, 2.24) is 9.97 Å². The first-order chi connectivity index (χ1) is 13.6. The van der Waals surface area contributed by atoms with Crippen molar-refractivity contribution in [2.75, 3.05) is 24.4 Å². The summed E-state index contributed by atoms with van der Waals surface area (Å²) in [5.41, 5.74) is 0.886. The second kappa shape index (κ2) is 8.67. The van der Waals surface area contributed by atoms with Gasteiger partial charge >= 0.3 is 5.69 Å². The number of methoxy groups -OCH3 is 1. The molecule has 0 bridgehead atoms. The number of nitrogens with one attached hydrogen (secondary N) is 2. The van der Waals surface area contributed by atoms with Gasteiger partial charge in [-0.3, -0.25) is 10.1 Å². The van der Waals surface area contributed by atoms with Gasteiger partial charge in [-0.25, -0.2) is 9.97 Å². The van der Waals surface area contributed by atoms with E-state index in [1.165, 1.54) is 6.33 Å².